The lowest BCUT2D eigenvalue weighted by Gasteiger charge is -2.04. The van der Waals surface area contributed by atoms with Gasteiger partial charge in [-0.3, -0.25) is 9.59 Å². The highest BCUT2D eigenvalue weighted by atomic mass is 32.1. The quantitative estimate of drug-likeness (QED) is 0.733. The third-order valence-electron chi connectivity index (χ3n) is 2.41. The Labute approximate surface area is 113 Å². The summed E-state index contributed by atoms with van der Waals surface area (Å²) in [6, 6.07) is 5.05. The third-order valence-corrected chi connectivity index (χ3v) is 3.29. The van der Waals surface area contributed by atoms with Gasteiger partial charge >= 0.3 is 0 Å². The first-order chi connectivity index (χ1) is 9.13. The van der Waals surface area contributed by atoms with Crippen LogP contribution in [0.2, 0.25) is 0 Å². The normalized spacial score (nSPS) is 10.3. The monoisotopic (exact) mass is 278 g/mol. The zero-order valence-electron chi connectivity index (χ0n) is 10.2. The number of hydrogen-bond acceptors (Lipinski definition) is 5. The second-order valence-corrected chi connectivity index (χ2v) is 5.01. The van der Waals surface area contributed by atoms with Crippen LogP contribution >= 0.6 is 11.3 Å². The van der Waals surface area contributed by atoms with Crippen LogP contribution in [0.25, 0.3) is 0 Å². The Morgan fingerprint density at radius 2 is 2.37 bits per heavy atom. The van der Waals surface area contributed by atoms with Gasteiger partial charge in [0.05, 0.1) is 6.42 Å². The third kappa shape index (κ3) is 4.22. The van der Waals surface area contributed by atoms with E-state index in [-0.39, 0.29) is 17.3 Å². The Morgan fingerprint density at radius 3 is 3.05 bits per heavy atom. The summed E-state index contributed by atoms with van der Waals surface area (Å²) in [7, 11) is 0. The fraction of sp³-hybridized carbons (Fsp3) is 0.250. The minimum Gasteiger partial charge on any atom is -0.383 e. The van der Waals surface area contributed by atoms with E-state index in [0.717, 1.165) is 4.88 Å². The number of thiophene rings is 1. The van der Waals surface area contributed by atoms with Gasteiger partial charge in [-0.25, -0.2) is 4.98 Å². The van der Waals surface area contributed by atoms with Crippen LogP contribution < -0.4 is 16.6 Å². The number of carbonyl (C=O) groups is 1. The first-order valence-corrected chi connectivity index (χ1v) is 6.66. The number of nitrogens with one attached hydrogen (secondary N) is 2. The fourth-order valence-corrected chi connectivity index (χ4v) is 2.30. The second-order valence-electron chi connectivity index (χ2n) is 3.97. The summed E-state index contributed by atoms with van der Waals surface area (Å²) in [5.74, 6) is 0.610. The zero-order valence-corrected chi connectivity index (χ0v) is 11.0. The van der Waals surface area contributed by atoms with Gasteiger partial charge in [0, 0.05) is 23.9 Å². The lowest BCUT2D eigenvalue weighted by Crippen LogP contribution is -2.28. The highest BCUT2D eigenvalue weighted by Gasteiger charge is 2.04. The first kappa shape index (κ1) is 13.3. The molecule has 7 heteroatoms. The van der Waals surface area contributed by atoms with Gasteiger partial charge in [-0.15, -0.1) is 11.3 Å². The summed E-state index contributed by atoms with van der Waals surface area (Å²) >= 11 is 1.55. The molecule has 0 bridgehead atoms. The van der Waals surface area contributed by atoms with Crippen molar-refractivity contribution in [3.8, 4) is 0 Å². The number of amides is 1. The van der Waals surface area contributed by atoms with Gasteiger partial charge < -0.3 is 16.0 Å². The molecular formula is C12H14N4O2S. The van der Waals surface area contributed by atoms with Crippen LogP contribution in [-0.2, 0) is 17.6 Å². The van der Waals surface area contributed by atoms with Crippen LogP contribution in [-0.4, -0.2) is 22.4 Å². The SMILES string of the molecule is Nc1cc(=O)[nH]c(CCNC(=O)Cc2cccs2)n1. The summed E-state index contributed by atoms with van der Waals surface area (Å²) in [5, 5.41) is 4.71. The molecule has 6 nitrogen and oxygen atoms in total. The van der Waals surface area contributed by atoms with E-state index in [1.807, 2.05) is 17.5 Å². The van der Waals surface area contributed by atoms with Crippen LogP contribution in [0, 0.1) is 0 Å². The largest absolute Gasteiger partial charge is 0.383 e. The standard InChI is InChI=1S/C12H14N4O2S/c13-9-7-12(18)16-10(15-9)3-4-14-11(17)6-8-2-1-5-19-8/h1-2,5,7H,3-4,6H2,(H,14,17)(H3,13,15,16,18). The predicted octanol–water partition coefficient (Wildman–Crippen LogP) is 0.315. The number of aromatic nitrogens is 2. The Hall–Kier alpha value is -2.15. The van der Waals surface area contributed by atoms with Crippen molar-refractivity contribution >= 4 is 23.1 Å². The van der Waals surface area contributed by atoms with Gasteiger partial charge in [0.25, 0.3) is 5.56 Å². The minimum absolute atomic E-state index is 0.0475. The van der Waals surface area contributed by atoms with Gasteiger partial charge in [0.15, 0.2) is 0 Å². The molecule has 4 N–H and O–H groups in total. The van der Waals surface area contributed by atoms with E-state index >= 15 is 0 Å². The van der Waals surface area contributed by atoms with Crippen LogP contribution in [0.5, 0.6) is 0 Å². The van der Waals surface area contributed by atoms with Crippen LogP contribution in [0.1, 0.15) is 10.7 Å². The van der Waals surface area contributed by atoms with E-state index in [4.69, 9.17) is 5.73 Å². The molecule has 0 saturated carbocycles. The Morgan fingerprint density at radius 1 is 1.53 bits per heavy atom. The average molecular weight is 278 g/mol. The van der Waals surface area contributed by atoms with Gasteiger partial charge in [0.2, 0.25) is 5.91 Å². The molecule has 0 aromatic carbocycles. The average Bonchev–Trinajstić information content (AvgIpc) is 2.80. The Bertz CT molecular complexity index is 606. The molecule has 0 atom stereocenters. The summed E-state index contributed by atoms with van der Waals surface area (Å²) in [5.41, 5.74) is 5.18. The predicted molar refractivity (Wildman–Crippen MR) is 74.0 cm³/mol. The highest BCUT2D eigenvalue weighted by Crippen LogP contribution is 2.08. The number of carbonyl (C=O) groups excluding carboxylic acids is 1. The molecule has 0 aliphatic rings. The van der Waals surface area contributed by atoms with E-state index in [0.29, 0.717) is 25.2 Å². The van der Waals surface area contributed by atoms with Crippen molar-refractivity contribution in [2.24, 2.45) is 0 Å². The first-order valence-electron chi connectivity index (χ1n) is 5.78. The fourth-order valence-electron chi connectivity index (χ4n) is 1.60. The van der Waals surface area contributed by atoms with Crippen molar-refractivity contribution < 1.29 is 4.79 Å². The van der Waals surface area contributed by atoms with Crippen LogP contribution in [0.3, 0.4) is 0 Å². The number of H-pyrrole nitrogens is 1. The second kappa shape index (κ2) is 6.14. The van der Waals surface area contributed by atoms with E-state index in [1.54, 1.807) is 11.3 Å². The number of nitrogens with two attached hydrogens (primary N) is 1. The molecule has 2 rings (SSSR count). The zero-order chi connectivity index (χ0) is 13.7. The molecule has 19 heavy (non-hydrogen) atoms. The van der Waals surface area contributed by atoms with Crippen molar-refractivity contribution in [2.45, 2.75) is 12.8 Å². The van der Waals surface area contributed by atoms with Crippen molar-refractivity contribution in [2.75, 3.05) is 12.3 Å². The van der Waals surface area contributed by atoms with E-state index in [1.165, 1.54) is 6.07 Å². The lowest BCUT2D eigenvalue weighted by atomic mass is 10.3. The number of aromatic amines is 1. The van der Waals surface area contributed by atoms with Crippen molar-refractivity contribution in [3.05, 3.63) is 44.6 Å². The molecular weight excluding hydrogens is 264 g/mol. The molecule has 1 amide bonds. The van der Waals surface area contributed by atoms with Gasteiger partial charge in [-0.05, 0) is 11.4 Å². The van der Waals surface area contributed by atoms with Gasteiger partial charge in [0.1, 0.15) is 11.6 Å². The number of nitrogen functional groups attached to an aromatic ring is 1. The lowest BCUT2D eigenvalue weighted by molar-refractivity contribution is -0.120. The van der Waals surface area contributed by atoms with E-state index in [9.17, 15) is 9.59 Å². The van der Waals surface area contributed by atoms with Gasteiger partial charge in [-0.1, -0.05) is 6.07 Å². The molecule has 2 aromatic rings. The smallest absolute Gasteiger partial charge is 0.252 e. The topological polar surface area (TPSA) is 101 Å². The maximum Gasteiger partial charge on any atom is 0.252 e. The number of anilines is 1. The number of nitrogens with zero attached hydrogens (tertiary/aromatic N) is 1. The maximum absolute atomic E-state index is 11.6. The molecule has 0 aliphatic carbocycles. The van der Waals surface area contributed by atoms with E-state index in [2.05, 4.69) is 15.3 Å². The Kier molecular flexibility index (Phi) is 4.30. The molecule has 0 spiro atoms. The van der Waals surface area contributed by atoms with Crippen molar-refractivity contribution in [1.29, 1.82) is 0 Å². The maximum atomic E-state index is 11.6. The van der Waals surface area contributed by atoms with Crippen LogP contribution in [0.4, 0.5) is 5.82 Å². The van der Waals surface area contributed by atoms with Crippen LogP contribution in [0.15, 0.2) is 28.4 Å². The summed E-state index contributed by atoms with van der Waals surface area (Å²) in [4.78, 5) is 30.3. The molecule has 2 aromatic heterocycles. The Balaban J connectivity index is 1.80. The molecule has 0 fully saturated rings. The molecule has 2 heterocycles. The summed E-state index contributed by atoms with van der Waals surface area (Å²) in [6.45, 7) is 0.413. The number of rotatable bonds is 5. The minimum atomic E-state index is -0.285. The highest BCUT2D eigenvalue weighted by molar-refractivity contribution is 7.10. The molecule has 100 valence electrons. The summed E-state index contributed by atoms with van der Waals surface area (Å²) < 4.78 is 0. The molecule has 0 aliphatic heterocycles. The van der Waals surface area contributed by atoms with E-state index < -0.39 is 0 Å². The summed E-state index contributed by atoms with van der Waals surface area (Å²) in [6.07, 6.45) is 0.814. The number of hydrogen-bond donors (Lipinski definition) is 3. The molecule has 0 saturated heterocycles. The van der Waals surface area contributed by atoms with Gasteiger partial charge in [-0.2, -0.15) is 0 Å². The molecule has 0 radical (unpaired) electrons. The van der Waals surface area contributed by atoms with Crippen molar-refractivity contribution in [1.82, 2.24) is 15.3 Å². The van der Waals surface area contributed by atoms with Crippen molar-refractivity contribution in [3.63, 3.8) is 0 Å². The molecule has 0 unspecified atom stereocenters.